The lowest BCUT2D eigenvalue weighted by molar-refractivity contribution is -0.137. The fourth-order valence-electron chi connectivity index (χ4n) is 1.26. The van der Waals surface area contributed by atoms with Crippen LogP contribution < -0.4 is 5.32 Å². The predicted molar refractivity (Wildman–Crippen MR) is 67.1 cm³/mol. The van der Waals surface area contributed by atoms with E-state index < -0.39 is 11.7 Å². The third-order valence-corrected chi connectivity index (χ3v) is 3.29. The van der Waals surface area contributed by atoms with Crippen molar-refractivity contribution in [2.45, 2.75) is 26.4 Å². The van der Waals surface area contributed by atoms with Crippen LogP contribution in [0, 0.1) is 5.92 Å². The van der Waals surface area contributed by atoms with Crippen LogP contribution in [0.25, 0.3) is 0 Å². The Kier molecular flexibility index (Phi) is 4.86. The van der Waals surface area contributed by atoms with E-state index in [4.69, 9.17) is 0 Å². The Morgan fingerprint density at radius 1 is 1.35 bits per heavy atom. The van der Waals surface area contributed by atoms with Crippen LogP contribution >= 0.6 is 15.9 Å². The Balaban J connectivity index is 2.77. The van der Waals surface area contributed by atoms with Crippen LogP contribution in [0.1, 0.15) is 25.8 Å². The van der Waals surface area contributed by atoms with Gasteiger partial charge in [0.15, 0.2) is 0 Å². The Morgan fingerprint density at radius 2 is 2.00 bits per heavy atom. The van der Waals surface area contributed by atoms with E-state index in [9.17, 15) is 13.2 Å². The molecule has 0 amide bonds. The topological polar surface area (TPSA) is 12.0 Å². The largest absolute Gasteiger partial charge is 0.416 e. The Labute approximate surface area is 108 Å². The minimum Gasteiger partial charge on any atom is -0.384 e. The zero-order valence-electron chi connectivity index (χ0n) is 9.74. The quantitative estimate of drug-likeness (QED) is 0.832. The SMILES string of the molecule is CCC(C)CNc1ccc(C(F)(F)F)cc1Br. The molecule has 0 aliphatic heterocycles. The number of hydrogen-bond acceptors (Lipinski definition) is 1. The Bertz CT molecular complexity index is 377. The molecule has 0 radical (unpaired) electrons. The number of alkyl halides is 3. The lowest BCUT2D eigenvalue weighted by Gasteiger charge is -2.14. The maximum absolute atomic E-state index is 12.4. The number of hydrogen-bond donors (Lipinski definition) is 1. The van der Waals surface area contributed by atoms with Crippen LogP contribution in [0.5, 0.6) is 0 Å². The molecule has 1 aromatic rings. The zero-order valence-corrected chi connectivity index (χ0v) is 11.3. The molecule has 1 nitrogen and oxygen atoms in total. The van der Waals surface area contributed by atoms with Crippen molar-refractivity contribution in [2.75, 3.05) is 11.9 Å². The van der Waals surface area contributed by atoms with Gasteiger partial charge in [-0.05, 0) is 40.0 Å². The van der Waals surface area contributed by atoms with E-state index >= 15 is 0 Å². The molecule has 1 N–H and O–H groups in total. The highest BCUT2D eigenvalue weighted by atomic mass is 79.9. The van der Waals surface area contributed by atoms with Gasteiger partial charge in [0.1, 0.15) is 0 Å². The van der Waals surface area contributed by atoms with Crippen molar-refractivity contribution in [3.63, 3.8) is 0 Å². The van der Waals surface area contributed by atoms with Gasteiger partial charge in [0.2, 0.25) is 0 Å². The van der Waals surface area contributed by atoms with E-state index in [0.717, 1.165) is 25.1 Å². The summed E-state index contributed by atoms with van der Waals surface area (Å²) in [6.07, 6.45) is -3.26. The van der Waals surface area contributed by atoms with Crippen molar-refractivity contribution in [3.8, 4) is 0 Å². The molecule has 1 rings (SSSR count). The van der Waals surface area contributed by atoms with E-state index in [-0.39, 0.29) is 0 Å². The van der Waals surface area contributed by atoms with E-state index in [1.165, 1.54) is 6.07 Å². The molecular formula is C12H15BrF3N. The van der Waals surface area contributed by atoms with Crippen LogP contribution in [0.3, 0.4) is 0 Å². The summed E-state index contributed by atoms with van der Waals surface area (Å²) in [6, 6.07) is 3.64. The maximum Gasteiger partial charge on any atom is 0.416 e. The van der Waals surface area contributed by atoms with Crippen LogP contribution in [-0.4, -0.2) is 6.54 Å². The van der Waals surface area contributed by atoms with E-state index in [0.29, 0.717) is 16.1 Å². The first-order valence-electron chi connectivity index (χ1n) is 5.45. The molecule has 0 bridgehead atoms. The van der Waals surface area contributed by atoms with Crippen LogP contribution in [0.2, 0.25) is 0 Å². The fraction of sp³-hybridized carbons (Fsp3) is 0.500. The molecule has 0 saturated carbocycles. The number of rotatable bonds is 4. The molecule has 96 valence electrons. The fourth-order valence-corrected chi connectivity index (χ4v) is 1.78. The molecule has 1 atom stereocenters. The highest BCUT2D eigenvalue weighted by molar-refractivity contribution is 9.10. The van der Waals surface area contributed by atoms with Crippen LogP contribution in [-0.2, 0) is 6.18 Å². The van der Waals surface area contributed by atoms with E-state index in [1.54, 1.807) is 0 Å². The molecule has 0 spiro atoms. The van der Waals surface area contributed by atoms with Crippen molar-refractivity contribution >= 4 is 21.6 Å². The standard InChI is InChI=1S/C12H15BrF3N/c1-3-8(2)7-17-11-5-4-9(6-10(11)13)12(14,15)16/h4-6,8,17H,3,7H2,1-2H3. The molecule has 0 aliphatic rings. The molecule has 5 heteroatoms. The summed E-state index contributed by atoms with van der Waals surface area (Å²) in [5.41, 5.74) is 0.0526. The first-order chi connectivity index (χ1) is 7.84. The van der Waals surface area contributed by atoms with Gasteiger partial charge in [-0.25, -0.2) is 0 Å². The molecule has 0 aromatic heterocycles. The number of benzene rings is 1. The van der Waals surface area contributed by atoms with Gasteiger partial charge >= 0.3 is 6.18 Å². The molecule has 17 heavy (non-hydrogen) atoms. The third kappa shape index (κ3) is 4.22. The number of anilines is 1. The first-order valence-corrected chi connectivity index (χ1v) is 6.24. The smallest absolute Gasteiger partial charge is 0.384 e. The van der Waals surface area contributed by atoms with Gasteiger partial charge in [0.25, 0.3) is 0 Å². The van der Waals surface area contributed by atoms with Crippen molar-refractivity contribution in [2.24, 2.45) is 5.92 Å². The van der Waals surface area contributed by atoms with Gasteiger partial charge in [-0.2, -0.15) is 13.2 Å². The summed E-state index contributed by atoms with van der Waals surface area (Å²) in [5.74, 6) is 0.490. The maximum atomic E-state index is 12.4. The molecule has 0 heterocycles. The van der Waals surface area contributed by atoms with Crippen LogP contribution in [0.4, 0.5) is 18.9 Å². The summed E-state index contributed by atoms with van der Waals surface area (Å²) < 4.78 is 37.7. The minimum atomic E-state index is -4.29. The first kappa shape index (κ1) is 14.4. The highest BCUT2D eigenvalue weighted by Gasteiger charge is 2.30. The summed E-state index contributed by atoms with van der Waals surface area (Å²) in [6.45, 7) is 4.92. The van der Waals surface area contributed by atoms with E-state index in [2.05, 4.69) is 35.1 Å². The molecule has 0 fully saturated rings. The third-order valence-electron chi connectivity index (χ3n) is 2.63. The Hall–Kier alpha value is -0.710. The Morgan fingerprint density at radius 3 is 2.47 bits per heavy atom. The van der Waals surface area contributed by atoms with Crippen molar-refractivity contribution in [1.82, 2.24) is 0 Å². The summed E-state index contributed by atoms with van der Waals surface area (Å²) in [7, 11) is 0. The second-order valence-electron chi connectivity index (χ2n) is 4.09. The molecular weight excluding hydrogens is 295 g/mol. The second kappa shape index (κ2) is 5.76. The van der Waals surface area contributed by atoms with Gasteiger partial charge in [-0.15, -0.1) is 0 Å². The number of halogens is 4. The lowest BCUT2D eigenvalue weighted by atomic mass is 10.1. The predicted octanol–water partition coefficient (Wildman–Crippen LogP) is 4.93. The minimum absolute atomic E-state index is 0.440. The van der Waals surface area contributed by atoms with Gasteiger partial charge in [0.05, 0.1) is 5.56 Å². The van der Waals surface area contributed by atoms with Crippen LogP contribution in [0.15, 0.2) is 22.7 Å². The molecule has 0 saturated heterocycles. The van der Waals surface area contributed by atoms with Crippen molar-refractivity contribution < 1.29 is 13.2 Å². The summed E-state index contributed by atoms with van der Waals surface area (Å²) in [5, 5.41) is 3.13. The lowest BCUT2D eigenvalue weighted by Crippen LogP contribution is -2.11. The van der Waals surface area contributed by atoms with Gasteiger partial charge in [-0.1, -0.05) is 20.3 Å². The molecule has 1 aromatic carbocycles. The van der Waals surface area contributed by atoms with Gasteiger partial charge < -0.3 is 5.32 Å². The number of nitrogens with one attached hydrogen (secondary N) is 1. The average molecular weight is 310 g/mol. The normalized spacial score (nSPS) is 13.5. The summed E-state index contributed by atoms with van der Waals surface area (Å²) >= 11 is 3.15. The van der Waals surface area contributed by atoms with E-state index in [1.807, 2.05) is 0 Å². The van der Waals surface area contributed by atoms with Crippen molar-refractivity contribution in [1.29, 1.82) is 0 Å². The monoisotopic (exact) mass is 309 g/mol. The average Bonchev–Trinajstić information content (AvgIpc) is 2.25. The van der Waals surface area contributed by atoms with Gasteiger partial charge in [0, 0.05) is 16.7 Å². The second-order valence-corrected chi connectivity index (χ2v) is 4.94. The van der Waals surface area contributed by atoms with Crippen molar-refractivity contribution in [3.05, 3.63) is 28.2 Å². The van der Waals surface area contributed by atoms with Gasteiger partial charge in [-0.3, -0.25) is 0 Å². The summed E-state index contributed by atoms with van der Waals surface area (Å²) in [4.78, 5) is 0. The zero-order chi connectivity index (χ0) is 13.1. The molecule has 0 aliphatic carbocycles. The highest BCUT2D eigenvalue weighted by Crippen LogP contribution is 2.33. The molecule has 1 unspecified atom stereocenters.